The van der Waals surface area contributed by atoms with Gasteiger partial charge in [0.1, 0.15) is 6.04 Å². The van der Waals surface area contributed by atoms with Gasteiger partial charge in [-0.3, -0.25) is 14.5 Å². The summed E-state index contributed by atoms with van der Waals surface area (Å²) < 4.78 is 2.04. The summed E-state index contributed by atoms with van der Waals surface area (Å²) >= 11 is 0. The maximum absolute atomic E-state index is 12.5. The molecule has 1 aliphatic rings. The fourth-order valence-corrected chi connectivity index (χ4v) is 3.06. The van der Waals surface area contributed by atoms with Crippen LogP contribution in [0.25, 0.3) is 0 Å². The lowest BCUT2D eigenvalue weighted by Crippen LogP contribution is -2.39. The molecule has 0 unspecified atom stereocenters. The molecule has 1 aliphatic heterocycles. The molecular formula is C16H22N2O3. The first-order chi connectivity index (χ1) is 9.95. The van der Waals surface area contributed by atoms with Gasteiger partial charge in [-0.05, 0) is 39.3 Å². The van der Waals surface area contributed by atoms with E-state index in [1.54, 1.807) is 11.0 Å². The van der Waals surface area contributed by atoms with Gasteiger partial charge in [-0.1, -0.05) is 6.08 Å². The number of nitrogens with zero attached hydrogens (tertiary/aromatic N) is 2. The molecule has 5 heteroatoms. The monoisotopic (exact) mass is 290 g/mol. The van der Waals surface area contributed by atoms with E-state index in [0.717, 1.165) is 17.8 Å². The number of carboxylic acids is 1. The summed E-state index contributed by atoms with van der Waals surface area (Å²) in [6.45, 7) is 9.13. The van der Waals surface area contributed by atoms with Gasteiger partial charge in [-0.2, -0.15) is 0 Å². The average Bonchev–Trinajstić information content (AvgIpc) is 2.98. The molecule has 0 bridgehead atoms. The minimum Gasteiger partial charge on any atom is -0.480 e. The van der Waals surface area contributed by atoms with Gasteiger partial charge < -0.3 is 9.67 Å². The molecule has 1 atom stereocenters. The number of aliphatic carboxylic acids is 1. The van der Waals surface area contributed by atoms with Crippen molar-refractivity contribution in [2.45, 2.75) is 39.3 Å². The lowest BCUT2D eigenvalue weighted by Gasteiger charge is -2.19. The summed E-state index contributed by atoms with van der Waals surface area (Å²) in [5, 5.41) is 9.17. The van der Waals surface area contributed by atoms with E-state index < -0.39 is 12.0 Å². The lowest BCUT2D eigenvalue weighted by molar-refractivity contribution is -0.141. The second-order valence-electron chi connectivity index (χ2n) is 5.57. The van der Waals surface area contributed by atoms with Crippen LogP contribution in [0, 0.1) is 13.8 Å². The Balaban J connectivity index is 2.15. The zero-order chi connectivity index (χ0) is 15.6. The number of hydrogen-bond donors (Lipinski definition) is 1. The van der Waals surface area contributed by atoms with E-state index in [-0.39, 0.29) is 12.3 Å². The van der Waals surface area contributed by atoms with Gasteiger partial charge in [0.15, 0.2) is 5.78 Å². The summed E-state index contributed by atoms with van der Waals surface area (Å²) in [5.41, 5.74) is 2.63. The van der Waals surface area contributed by atoms with Gasteiger partial charge in [0.25, 0.3) is 0 Å². The zero-order valence-electron chi connectivity index (χ0n) is 12.6. The molecule has 0 aliphatic carbocycles. The van der Waals surface area contributed by atoms with Crippen molar-refractivity contribution in [2.75, 3.05) is 13.1 Å². The number of carbonyl (C=O) groups excluding carboxylic acids is 1. The molecule has 0 aromatic carbocycles. The highest BCUT2D eigenvalue weighted by Crippen LogP contribution is 2.20. The van der Waals surface area contributed by atoms with Gasteiger partial charge in [-0.15, -0.1) is 6.58 Å². The number of ketones is 1. The van der Waals surface area contributed by atoms with E-state index >= 15 is 0 Å². The highest BCUT2D eigenvalue weighted by atomic mass is 16.4. The second-order valence-corrected chi connectivity index (χ2v) is 5.57. The van der Waals surface area contributed by atoms with E-state index in [1.165, 1.54) is 0 Å². The van der Waals surface area contributed by atoms with Crippen molar-refractivity contribution in [3.8, 4) is 0 Å². The molecule has 1 saturated heterocycles. The quantitative estimate of drug-likeness (QED) is 0.643. The van der Waals surface area contributed by atoms with Crippen molar-refractivity contribution < 1.29 is 14.7 Å². The number of hydrogen-bond acceptors (Lipinski definition) is 3. The molecular weight excluding hydrogens is 268 g/mol. The van der Waals surface area contributed by atoms with E-state index in [0.29, 0.717) is 25.1 Å². The average molecular weight is 290 g/mol. The topological polar surface area (TPSA) is 62.5 Å². The van der Waals surface area contributed by atoms with Crippen molar-refractivity contribution in [3.63, 3.8) is 0 Å². The molecule has 114 valence electrons. The molecule has 1 N–H and O–H groups in total. The standard InChI is InChI=1S/C16H22N2O3/c1-4-7-18-11(2)9-13(12(18)3)15(19)10-17-8-5-6-14(17)16(20)21/h4,9,14H,1,5-8,10H2,2-3H3,(H,20,21)/t14-/m0/s1. The Kier molecular flexibility index (Phi) is 4.63. The van der Waals surface area contributed by atoms with Crippen LogP contribution in [0.2, 0.25) is 0 Å². The molecule has 0 spiro atoms. The lowest BCUT2D eigenvalue weighted by atomic mass is 10.1. The minimum absolute atomic E-state index is 0.00781. The third-order valence-electron chi connectivity index (χ3n) is 4.18. The van der Waals surface area contributed by atoms with Gasteiger partial charge in [-0.25, -0.2) is 0 Å². The number of carbonyl (C=O) groups is 2. The van der Waals surface area contributed by atoms with Crippen LogP contribution in [-0.2, 0) is 11.3 Å². The Morgan fingerprint density at radius 3 is 2.81 bits per heavy atom. The number of likely N-dealkylation sites (tertiary alicyclic amines) is 1. The first-order valence-electron chi connectivity index (χ1n) is 7.23. The van der Waals surface area contributed by atoms with E-state index in [9.17, 15) is 14.7 Å². The Labute approximate surface area is 124 Å². The van der Waals surface area contributed by atoms with Gasteiger partial charge in [0.05, 0.1) is 6.54 Å². The van der Waals surface area contributed by atoms with Crippen LogP contribution >= 0.6 is 0 Å². The zero-order valence-corrected chi connectivity index (χ0v) is 12.6. The molecule has 0 saturated carbocycles. The van der Waals surface area contributed by atoms with Crippen LogP contribution in [0.15, 0.2) is 18.7 Å². The molecule has 0 radical (unpaired) electrons. The van der Waals surface area contributed by atoms with Crippen LogP contribution in [0.4, 0.5) is 0 Å². The number of rotatable bonds is 6. The summed E-state index contributed by atoms with van der Waals surface area (Å²) in [5.74, 6) is -0.844. The maximum atomic E-state index is 12.5. The number of carboxylic acid groups (broad SMARTS) is 1. The third-order valence-corrected chi connectivity index (χ3v) is 4.18. The Morgan fingerprint density at radius 1 is 1.48 bits per heavy atom. The molecule has 2 heterocycles. The van der Waals surface area contributed by atoms with E-state index in [2.05, 4.69) is 6.58 Å². The molecule has 1 aromatic heterocycles. The molecule has 0 amide bonds. The summed E-state index contributed by atoms with van der Waals surface area (Å²) in [6.07, 6.45) is 3.26. The maximum Gasteiger partial charge on any atom is 0.320 e. The number of aryl methyl sites for hydroxylation is 1. The van der Waals surface area contributed by atoms with Crippen molar-refractivity contribution in [1.29, 1.82) is 0 Å². The predicted molar refractivity (Wildman–Crippen MR) is 80.7 cm³/mol. The number of Topliss-reactive ketones (excluding diaryl/α,β-unsaturated/α-hetero) is 1. The summed E-state index contributed by atoms with van der Waals surface area (Å²) in [7, 11) is 0. The highest BCUT2D eigenvalue weighted by Gasteiger charge is 2.32. The first kappa shape index (κ1) is 15.5. The number of allylic oxidation sites excluding steroid dienone is 1. The SMILES string of the molecule is C=CCn1c(C)cc(C(=O)CN2CCC[C@H]2C(=O)O)c1C. The molecule has 21 heavy (non-hydrogen) atoms. The van der Waals surface area contributed by atoms with Crippen LogP contribution < -0.4 is 0 Å². The Morgan fingerprint density at radius 2 is 2.19 bits per heavy atom. The van der Waals surface area contributed by atoms with Crippen LogP contribution in [-0.4, -0.2) is 45.5 Å². The molecule has 1 fully saturated rings. The predicted octanol–water partition coefficient (Wildman–Crippen LogP) is 2.02. The smallest absolute Gasteiger partial charge is 0.320 e. The van der Waals surface area contributed by atoms with Crippen molar-refractivity contribution in [2.24, 2.45) is 0 Å². The van der Waals surface area contributed by atoms with Crippen molar-refractivity contribution in [1.82, 2.24) is 9.47 Å². The third kappa shape index (κ3) is 3.08. The van der Waals surface area contributed by atoms with Gasteiger partial charge in [0, 0.05) is 23.5 Å². The normalized spacial score (nSPS) is 18.9. The Hall–Kier alpha value is -1.88. The van der Waals surface area contributed by atoms with Gasteiger partial charge in [0.2, 0.25) is 0 Å². The Bertz CT molecular complexity index is 574. The summed E-state index contributed by atoms with van der Waals surface area (Å²) in [4.78, 5) is 25.4. The van der Waals surface area contributed by atoms with E-state index in [4.69, 9.17) is 0 Å². The number of aromatic nitrogens is 1. The molecule has 1 aromatic rings. The van der Waals surface area contributed by atoms with Crippen LogP contribution in [0.1, 0.15) is 34.6 Å². The van der Waals surface area contributed by atoms with E-state index in [1.807, 2.05) is 24.5 Å². The highest BCUT2D eigenvalue weighted by molar-refractivity contribution is 5.99. The van der Waals surface area contributed by atoms with Crippen molar-refractivity contribution >= 4 is 11.8 Å². The minimum atomic E-state index is -0.836. The largest absolute Gasteiger partial charge is 0.480 e. The van der Waals surface area contributed by atoms with Crippen LogP contribution in [0.5, 0.6) is 0 Å². The molecule has 2 rings (SSSR count). The fraction of sp³-hybridized carbons (Fsp3) is 0.500. The van der Waals surface area contributed by atoms with Gasteiger partial charge >= 0.3 is 5.97 Å². The second kappa shape index (κ2) is 6.26. The molecule has 5 nitrogen and oxygen atoms in total. The summed E-state index contributed by atoms with van der Waals surface area (Å²) in [6, 6.07) is 1.36. The van der Waals surface area contributed by atoms with Crippen LogP contribution in [0.3, 0.4) is 0 Å². The fourth-order valence-electron chi connectivity index (χ4n) is 3.06. The first-order valence-corrected chi connectivity index (χ1v) is 7.23. The van der Waals surface area contributed by atoms with Crippen molar-refractivity contribution in [3.05, 3.63) is 35.7 Å².